The number of hydrogen-bond donors (Lipinski definition) is 1. The summed E-state index contributed by atoms with van der Waals surface area (Å²) in [5.74, 6) is 0.246. The highest BCUT2D eigenvalue weighted by Gasteiger charge is 2.45. The van der Waals surface area contributed by atoms with E-state index in [2.05, 4.69) is 12.2 Å². The Morgan fingerprint density at radius 3 is 2.72 bits per heavy atom. The molecule has 3 saturated heterocycles. The van der Waals surface area contributed by atoms with Crippen molar-refractivity contribution in [1.82, 2.24) is 10.2 Å². The number of ether oxygens (including phenoxy) is 1. The van der Waals surface area contributed by atoms with Crippen LogP contribution in [0.3, 0.4) is 0 Å². The lowest BCUT2D eigenvalue weighted by atomic mass is 9.89. The van der Waals surface area contributed by atoms with E-state index in [1.54, 1.807) is 0 Å². The van der Waals surface area contributed by atoms with E-state index >= 15 is 0 Å². The van der Waals surface area contributed by atoms with Crippen molar-refractivity contribution < 1.29 is 9.53 Å². The first-order valence-electron chi connectivity index (χ1n) is 7.39. The number of nitrogens with one attached hydrogen (secondary N) is 1. The molecule has 18 heavy (non-hydrogen) atoms. The largest absolute Gasteiger partial charge is 0.362 e. The van der Waals surface area contributed by atoms with E-state index in [0.29, 0.717) is 6.04 Å². The van der Waals surface area contributed by atoms with Crippen LogP contribution < -0.4 is 5.32 Å². The molecule has 4 heteroatoms. The first-order chi connectivity index (χ1) is 8.70. The molecule has 3 aliphatic rings. The van der Waals surface area contributed by atoms with E-state index in [1.807, 2.05) is 4.90 Å². The molecule has 4 nitrogen and oxygen atoms in total. The lowest BCUT2D eigenvalue weighted by molar-refractivity contribution is -0.150. The number of nitrogens with zero attached hydrogens (tertiary/aromatic N) is 1. The Hall–Kier alpha value is -0.610. The summed E-state index contributed by atoms with van der Waals surface area (Å²) in [6.07, 6.45) is 6.24. The number of rotatable bonds is 1. The highest BCUT2D eigenvalue weighted by atomic mass is 16.5. The van der Waals surface area contributed by atoms with Crippen molar-refractivity contribution >= 4 is 5.91 Å². The van der Waals surface area contributed by atoms with Crippen LogP contribution in [-0.4, -0.2) is 48.2 Å². The minimum absolute atomic E-state index is 0.00847. The Bertz CT molecular complexity index is 326. The molecule has 0 saturated carbocycles. The van der Waals surface area contributed by atoms with E-state index in [-0.39, 0.29) is 17.6 Å². The highest BCUT2D eigenvalue weighted by molar-refractivity contribution is 5.81. The minimum atomic E-state index is -0.163. The zero-order valence-corrected chi connectivity index (χ0v) is 11.3. The zero-order valence-electron chi connectivity index (χ0n) is 11.3. The van der Waals surface area contributed by atoms with Crippen molar-refractivity contribution in [2.24, 2.45) is 0 Å². The molecule has 1 N–H and O–H groups in total. The van der Waals surface area contributed by atoms with Gasteiger partial charge in [-0.3, -0.25) is 4.79 Å². The molecule has 1 amide bonds. The average Bonchev–Trinajstić information content (AvgIpc) is 2.97. The fourth-order valence-electron chi connectivity index (χ4n) is 3.68. The third kappa shape index (κ3) is 2.16. The molecule has 3 rings (SSSR count). The van der Waals surface area contributed by atoms with Crippen LogP contribution >= 0.6 is 0 Å². The van der Waals surface area contributed by atoms with Crippen LogP contribution in [0.2, 0.25) is 0 Å². The van der Waals surface area contributed by atoms with Gasteiger partial charge < -0.3 is 15.0 Å². The number of piperidine rings is 1. The van der Waals surface area contributed by atoms with E-state index in [1.165, 1.54) is 0 Å². The van der Waals surface area contributed by atoms with Crippen molar-refractivity contribution in [2.45, 2.75) is 63.2 Å². The zero-order chi connectivity index (χ0) is 12.6. The summed E-state index contributed by atoms with van der Waals surface area (Å²) in [5.41, 5.74) is 0.00847. The summed E-state index contributed by atoms with van der Waals surface area (Å²) >= 11 is 0. The molecule has 3 heterocycles. The molecule has 0 aromatic carbocycles. The Kier molecular flexibility index (Phi) is 3.32. The van der Waals surface area contributed by atoms with Crippen LogP contribution in [0, 0.1) is 0 Å². The molecule has 0 unspecified atom stereocenters. The number of amides is 1. The predicted molar refractivity (Wildman–Crippen MR) is 69.4 cm³/mol. The summed E-state index contributed by atoms with van der Waals surface area (Å²) in [7, 11) is 0. The van der Waals surface area contributed by atoms with Crippen LogP contribution in [0.5, 0.6) is 0 Å². The average molecular weight is 252 g/mol. The number of carbonyl (C=O) groups excluding carboxylic acids is 1. The van der Waals surface area contributed by atoms with Gasteiger partial charge in [-0.15, -0.1) is 0 Å². The van der Waals surface area contributed by atoms with E-state index in [0.717, 1.165) is 58.2 Å². The van der Waals surface area contributed by atoms with Gasteiger partial charge in [0.1, 0.15) is 6.10 Å². The second-order valence-corrected chi connectivity index (χ2v) is 6.10. The summed E-state index contributed by atoms with van der Waals surface area (Å²) in [5, 5.41) is 3.37. The maximum atomic E-state index is 12.5. The van der Waals surface area contributed by atoms with Crippen LogP contribution in [0.4, 0.5) is 0 Å². The standard InChI is InChI=1S/C14H24N2O2/c1-11-3-2-10-16(11)13(17)12-4-5-14(18-12)6-8-15-9-7-14/h11-12,15H,2-10H2,1H3/t11-,12+/m1/s1. The molecule has 0 bridgehead atoms. The normalized spacial score (nSPS) is 35.3. The number of likely N-dealkylation sites (tertiary alicyclic amines) is 1. The van der Waals surface area contributed by atoms with E-state index < -0.39 is 0 Å². The number of carbonyl (C=O) groups is 1. The first-order valence-corrected chi connectivity index (χ1v) is 7.39. The van der Waals surface area contributed by atoms with Gasteiger partial charge in [-0.25, -0.2) is 0 Å². The molecule has 3 fully saturated rings. The molecule has 0 aromatic rings. The smallest absolute Gasteiger partial charge is 0.251 e. The third-order valence-electron chi connectivity index (χ3n) is 4.88. The Balaban J connectivity index is 1.62. The van der Waals surface area contributed by atoms with Gasteiger partial charge in [0.25, 0.3) is 5.91 Å². The lowest BCUT2D eigenvalue weighted by Crippen LogP contribution is -2.45. The van der Waals surface area contributed by atoms with Crippen molar-refractivity contribution in [3.63, 3.8) is 0 Å². The second kappa shape index (κ2) is 4.82. The van der Waals surface area contributed by atoms with Crippen LogP contribution in [0.25, 0.3) is 0 Å². The second-order valence-electron chi connectivity index (χ2n) is 6.10. The van der Waals surface area contributed by atoms with E-state index in [4.69, 9.17) is 4.74 Å². The predicted octanol–water partition coefficient (Wildman–Crippen LogP) is 1.30. The summed E-state index contributed by atoms with van der Waals surface area (Å²) < 4.78 is 6.18. The molecule has 0 aromatic heterocycles. The molecule has 3 aliphatic heterocycles. The summed E-state index contributed by atoms with van der Waals surface area (Å²) in [4.78, 5) is 14.5. The van der Waals surface area contributed by atoms with Gasteiger partial charge in [0.15, 0.2) is 0 Å². The lowest BCUT2D eigenvalue weighted by Gasteiger charge is -2.34. The SMILES string of the molecule is C[C@@H]1CCCN1C(=O)[C@@H]1CCC2(CCNCC2)O1. The van der Waals surface area contributed by atoms with Crippen LogP contribution in [0.15, 0.2) is 0 Å². The van der Waals surface area contributed by atoms with E-state index in [9.17, 15) is 4.79 Å². The minimum Gasteiger partial charge on any atom is -0.362 e. The first kappa shape index (κ1) is 12.4. The summed E-state index contributed by atoms with van der Waals surface area (Å²) in [6.45, 7) is 5.14. The van der Waals surface area contributed by atoms with Crippen LogP contribution in [-0.2, 0) is 9.53 Å². The van der Waals surface area contributed by atoms with Crippen LogP contribution in [0.1, 0.15) is 45.4 Å². The Morgan fingerprint density at radius 1 is 1.28 bits per heavy atom. The van der Waals surface area contributed by atoms with Gasteiger partial charge in [0, 0.05) is 12.6 Å². The molecular weight excluding hydrogens is 228 g/mol. The van der Waals surface area contributed by atoms with Gasteiger partial charge in [-0.1, -0.05) is 0 Å². The maximum Gasteiger partial charge on any atom is 0.251 e. The van der Waals surface area contributed by atoms with Crippen molar-refractivity contribution in [2.75, 3.05) is 19.6 Å². The fraction of sp³-hybridized carbons (Fsp3) is 0.929. The Morgan fingerprint density at radius 2 is 2.06 bits per heavy atom. The van der Waals surface area contributed by atoms with Gasteiger partial charge in [-0.2, -0.15) is 0 Å². The quantitative estimate of drug-likeness (QED) is 0.765. The topological polar surface area (TPSA) is 41.6 Å². The molecule has 102 valence electrons. The van der Waals surface area contributed by atoms with Gasteiger partial charge >= 0.3 is 0 Å². The maximum absolute atomic E-state index is 12.5. The highest BCUT2D eigenvalue weighted by Crippen LogP contribution is 2.38. The molecule has 0 radical (unpaired) electrons. The monoisotopic (exact) mass is 252 g/mol. The molecule has 1 spiro atoms. The van der Waals surface area contributed by atoms with Crippen molar-refractivity contribution in [1.29, 1.82) is 0 Å². The van der Waals surface area contributed by atoms with Gasteiger partial charge in [0.2, 0.25) is 0 Å². The van der Waals surface area contributed by atoms with Crippen molar-refractivity contribution in [3.05, 3.63) is 0 Å². The Labute approximate surface area is 109 Å². The third-order valence-corrected chi connectivity index (χ3v) is 4.88. The molecule has 0 aliphatic carbocycles. The van der Waals surface area contributed by atoms with Crippen molar-refractivity contribution in [3.8, 4) is 0 Å². The molecular formula is C14H24N2O2. The summed E-state index contributed by atoms with van der Waals surface area (Å²) in [6, 6.07) is 0.408. The van der Waals surface area contributed by atoms with Gasteiger partial charge in [-0.05, 0) is 58.5 Å². The van der Waals surface area contributed by atoms with Gasteiger partial charge in [0.05, 0.1) is 5.60 Å². The number of hydrogen-bond acceptors (Lipinski definition) is 3. The fourth-order valence-corrected chi connectivity index (χ4v) is 3.68. The molecule has 2 atom stereocenters.